The van der Waals surface area contributed by atoms with Crippen molar-refractivity contribution < 1.29 is 4.79 Å². The smallest absolute Gasteiger partial charge is 0.274 e. The normalized spacial score (nSPS) is 16.4. The van der Waals surface area contributed by atoms with Gasteiger partial charge in [0.1, 0.15) is 0 Å². The lowest BCUT2D eigenvalue weighted by atomic mass is 10.1. The number of aromatic nitrogens is 2. The molecule has 4 rings (SSSR count). The summed E-state index contributed by atoms with van der Waals surface area (Å²) in [5, 5.41) is 13.7. The van der Waals surface area contributed by atoms with E-state index in [-0.39, 0.29) is 11.9 Å². The molecule has 2 aromatic carbocycles. The first kappa shape index (κ1) is 19.4. The minimum absolute atomic E-state index is 0.0132. The van der Waals surface area contributed by atoms with E-state index in [1.54, 1.807) is 21.7 Å². The molecule has 0 unspecified atom stereocenters. The Morgan fingerprint density at radius 1 is 1.17 bits per heavy atom. The number of hydrogen-bond acceptors (Lipinski definition) is 4. The van der Waals surface area contributed by atoms with Crippen molar-refractivity contribution in [3.63, 3.8) is 0 Å². The van der Waals surface area contributed by atoms with Crippen molar-refractivity contribution >= 4 is 21.8 Å². The number of carbonyl (C=O) groups is 1. The fraction of sp³-hybridized carbons (Fsp3) is 0.227. The monoisotopic (exact) mass is 449 g/mol. The van der Waals surface area contributed by atoms with Crippen molar-refractivity contribution in [1.29, 1.82) is 5.26 Å². The second kappa shape index (κ2) is 8.19. The van der Waals surface area contributed by atoms with Gasteiger partial charge in [0, 0.05) is 29.2 Å². The lowest BCUT2D eigenvalue weighted by molar-refractivity contribution is 0.0702. The van der Waals surface area contributed by atoms with Gasteiger partial charge < -0.3 is 10.6 Å². The molecule has 1 aromatic heterocycles. The maximum absolute atomic E-state index is 13.1. The average Bonchev–Trinajstić information content (AvgIpc) is 3.19. The summed E-state index contributed by atoms with van der Waals surface area (Å²) in [5.41, 5.74) is 9.55. The summed E-state index contributed by atoms with van der Waals surface area (Å²) in [6.45, 7) is 1.25. The number of hydrogen-bond donors (Lipinski definition) is 1. The number of nitriles is 1. The van der Waals surface area contributed by atoms with Crippen molar-refractivity contribution in [2.24, 2.45) is 5.73 Å². The van der Waals surface area contributed by atoms with Gasteiger partial charge in [0.2, 0.25) is 0 Å². The molecule has 0 spiro atoms. The molecule has 0 aliphatic carbocycles. The fourth-order valence-electron chi connectivity index (χ4n) is 3.54. The summed E-state index contributed by atoms with van der Waals surface area (Å²) in [4.78, 5) is 14.9. The molecule has 7 heteroatoms. The van der Waals surface area contributed by atoms with Gasteiger partial charge in [-0.05, 0) is 55.3 Å². The maximum atomic E-state index is 13.1. The number of nitrogens with zero attached hydrogens (tertiary/aromatic N) is 4. The van der Waals surface area contributed by atoms with Crippen LogP contribution in [0.5, 0.6) is 0 Å². The van der Waals surface area contributed by atoms with E-state index in [9.17, 15) is 4.79 Å². The first-order valence-electron chi connectivity index (χ1n) is 9.46. The molecule has 0 saturated carbocycles. The van der Waals surface area contributed by atoms with Gasteiger partial charge in [-0.1, -0.05) is 28.1 Å². The first-order valence-corrected chi connectivity index (χ1v) is 10.3. The zero-order valence-electron chi connectivity index (χ0n) is 15.8. The number of benzene rings is 2. The van der Waals surface area contributed by atoms with E-state index in [1.807, 2.05) is 42.5 Å². The zero-order valence-corrected chi connectivity index (χ0v) is 17.3. The van der Waals surface area contributed by atoms with Gasteiger partial charge in [-0.15, -0.1) is 0 Å². The highest BCUT2D eigenvalue weighted by atomic mass is 79.9. The molecule has 2 heterocycles. The van der Waals surface area contributed by atoms with Crippen molar-refractivity contribution in [1.82, 2.24) is 14.7 Å². The van der Waals surface area contributed by atoms with Gasteiger partial charge in [0.15, 0.2) is 5.69 Å². The molecule has 1 fully saturated rings. The molecular weight excluding hydrogens is 430 g/mol. The summed E-state index contributed by atoms with van der Waals surface area (Å²) in [7, 11) is 0. The van der Waals surface area contributed by atoms with Crippen molar-refractivity contribution in [2.45, 2.75) is 18.9 Å². The minimum atomic E-state index is -0.106. The third-order valence-electron chi connectivity index (χ3n) is 5.05. The van der Waals surface area contributed by atoms with Crippen LogP contribution < -0.4 is 5.73 Å². The number of likely N-dealkylation sites (tertiary alicyclic amines) is 1. The van der Waals surface area contributed by atoms with E-state index in [0.29, 0.717) is 24.3 Å². The summed E-state index contributed by atoms with van der Waals surface area (Å²) >= 11 is 3.45. The van der Waals surface area contributed by atoms with Crippen LogP contribution in [0.1, 0.15) is 28.9 Å². The van der Waals surface area contributed by atoms with Crippen molar-refractivity contribution in [2.75, 3.05) is 13.1 Å². The van der Waals surface area contributed by atoms with Crippen molar-refractivity contribution in [3.8, 4) is 23.0 Å². The first-order chi connectivity index (χ1) is 14.0. The van der Waals surface area contributed by atoms with E-state index in [1.165, 1.54) is 0 Å². The van der Waals surface area contributed by atoms with Gasteiger partial charge in [-0.2, -0.15) is 10.4 Å². The molecule has 1 saturated heterocycles. The minimum Gasteiger partial charge on any atom is -0.336 e. The standard InChI is InChI=1S/C22H20BrN5O/c23-17-7-9-19(10-8-17)28-21(16-5-3-15(13-24)4-6-16)12-20(26-28)22(29)27-11-1-2-18(25)14-27/h3-10,12,18H,1-2,11,14,25H2/t18-/m1/s1. The summed E-state index contributed by atoms with van der Waals surface area (Å²) < 4.78 is 2.73. The Balaban J connectivity index is 1.76. The Labute approximate surface area is 177 Å². The molecule has 6 nitrogen and oxygen atoms in total. The highest BCUT2D eigenvalue weighted by Crippen LogP contribution is 2.26. The third-order valence-corrected chi connectivity index (χ3v) is 5.58. The molecule has 146 valence electrons. The largest absolute Gasteiger partial charge is 0.336 e. The molecule has 3 aromatic rings. The summed E-state index contributed by atoms with van der Waals surface area (Å²) in [5.74, 6) is -0.106. The second-order valence-electron chi connectivity index (χ2n) is 7.15. The maximum Gasteiger partial charge on any atom is 0.274 e. The van der Waals surface area contributed by atoms with E-state index in [0.717, 1.165) is 34.3 Å². The SMILES string of the molecule is N#Cc1ccc(-c2cc(C(=O)N3CCC[C@@H](N)C3)nn2-c2ccc(Br)cc2)cc1. The van der Waals surface area contributed by atoms with Crippen molar-refractivity contribution in [3.05, 3.63) is 70.3 Å². The van der Waals surface area contributed by atoms with Crippen LogP contribution in [-0.4, -0.2) is 39.7 Å². The van der Waals surface area contributed by atoms with Crippen LogP contribution in [0, 0.1) is 11.3 Å². The fourth-order valence-corrected chi connectivity index (χ4v) is 3.81. The lowest BCUT2D eigenvalue weighted by Gasteiger charge is -2.30. The topological polar surface area (TPSA) is 87.9 Å². The predicted octanol–water partition coefficient (Wildman–Crippen LogP) is 3.74. The summed E-state index contributed by atoms with van der Waals surface area (Å²) in [6, 6.07) is 19.0. The quantitative estimate of drug-likeness (QED) is 0.659. The number of carbonyl (C=O) groups excluding carboxylic acids is 1. The Hall–Kier alpha value is -2.95. The number of rotatable bonds is 3. The van der Waals surface area contributed by atoms with Crippen LogP contribution in [0.2, 0.25) is 0 Å². The Morgan fingerprint density at radius 3 is 2.55 bits per heavy atom. The highest BCUT2D eigenvalue weighted by molar-refractivity contribution is 9.10. The van der Waals surface area contributed by atoms with E-state index < -0.39 is 0 Å². The number of halogens is 1. The molecular formula is C22H20BrN5O. The number of nitrogens with two attached hydrogens (primary N) is 1. The van der Waals surface area contributed by atoms with Crippen LogP contribution in [0.25, 0.3) is 16.9 Å². The lowest BCUT2D eigenvalue weighted by Crippen LogP contribution is -2.45. The molecule has 1 atom stereocenters. The Bertz CT molecular complexity index is 1070. The van der Waals surface area contributed by atoms with Crippen LogP contribution in [0.15, 0.2) is 59.1 Å². The molecule has 1 amide bonds. The zero-order chi connectivity index (χ0) is 20.4. The van der Waals surface area contributed by atoms with E-state index >= 15 is 0 Å². The summed E-state index contributed by atoms with van der Waals surface area (Å²) in [6.07, 6.45) is 1.84. The van der Waals surface area contributed by atoms with Gasteiger partial charge in [0.05, 0.1) is 23.0 Å². The van der Waals surface area contributed by atoms with Crippen LogP contribution in [-0.2, 0) is 0 Å². The van der Waals surface area contributed by atoms with Gasteiger partial charge >= 0.3 is 0 Å². The molecule has 1 aliphatic rings. The van der Waals surface area contributed by atoms with Gasteiger partial charge in [0.25, 0.3) is 5.91 Å². The number of piperidine rings is 1. The molecule has 0 radical (unpaired) electrons. The van der Waals surface area contributed by atoms with Crippen LogP contribution in [0.3, 0.4) is 0 Å². The van der Waals surface area contributed by atoms with Crippen LogP contribution in [0.4, 0.5) is 0 Å². The van der Waals surface area contributed by atoms with Gasteiger partial charge in [-0.25, -0.2) is 4.68 Å². The molecule has 29 heavy (non-hydrogen) atoms. The Morgan fingerprint density at radius 2 is 1.90 bits per heavy atom. The molecule has 2 N–H and O–H groups in total. The van der Waals surface area contributed by atoms with Gasteiger partial charge in [-0.3, -0.25) is 4.79 Å². The third kappa shape index (κ3) is 4.09. The van der Waals surface area contributed by atoms with E-state index in [4.69, 9.17) is 11.0 Å². The van der Waals surface area contributed by atoms with Crippen LogP contribution >= 0.6 is 15.9 Å². The highest BCUT2D eigenvalue weighted by Gasteiger charge is 2.25. The molecule has 1 aliphatic heterocycles. The average molecular weight is 450 g/mol. The Kier molecular flexibility index (Phi) is 5.47. The molecule has 0 bridgehead atoms. The number of amides is 1. The second-order valence-corrected chi connectivity index (χ2v) is 8.06. The predicted molar refractivity (Wildman–Crippen MR) is 115 cm³/mol. The van der Waals surface area contributed by atoms with E-state index in [2.05, 4.69) is 27.1 Å².